The molecule has 0 aliphatic carbocycles. The van der Waals surface area contributed by atoms with Crippen molar-refractivity contribution in [3.63, 3.8) is 0 Å². The number of hydrogen-bond acceptors (Lipinski definition) is 5. The Hall–Kier alpha value is -1.44. The molecule has 2 N–H and O–H groups in total. The lowest BCUT2D eigenvalue weighted by atomic mass is 10.2. The minimum Gasteiger partial charge on any atom is -0.394 e. The van der Waals surface area contributed by atoms with Gasteiger partial charge in [0.05, 0.1) is 12.7 Å². The van der Waals surface area contributed by atoms with Crippen molar-refractivity contribution in [3.05, 3.63) is 33.1 Å². The van der Waals surface area contributed by atoms with Crippen LogP contribution in [0.25, 0.3) is 0 Å². The zero-order valence-corrected chi connectivity index (χ0v) is 9.20. The first-order chi connectivity index (χ1) is 8.58. The Kier molecular flexibility index (Phi) is 3.04. The normalized spacial score (nSPS) is 33.6. The van der Waals surface area contributed by atoms with Gasteiger partial charge in [-0.3, -0.25) is 14.3 Å². The van der Waals surface area contributed by atoms with Gasteiger partial charge in [0.25, 0.3) is 5.56 Å². The molecule has 0 saturated carbocycles. The van der Waals surface area contributed by atoms with E-state index in [9.17, 15) is 9.59 Å². The molecule has 0 radical (unpaired) electrons. The molecule has 0 bridgehead atoms. The Labute approximate surface area is 98.0 Å². The monoisotopic (exact) mass is 244 g/mol. The number of nitrogens with one attached hydrogen (secondary N) is 1. The van der Waals surface area contributed by atoms with Crippen LogP contribution in [0.15, 0.2) is 21.9 Å². The van der Waals surface area contributed by atoms with Crippen LogP contribution in [0, 0.1) is 0 Å². The van der Waals surface area contributed by atoms with Gasteiger partial charge >= 0.3 is 5.69 Å². The number of H-pyrrole nitrogens is 1. The summed E-state index contributed by atoms with van der Waals surface area (Å²) in [5, 5.41) is 9.08. The van der Waals surface area contributed by atoms with E-state index >= 15 is 0 Å². The van der Waals surface area contributed by atoms with E-state index in [-0.39, 0.29) is 6.61 Å². The third-order valence-electron chi connectivity index (χ3n) is 2.58. The molecule has 0 spiro atoms. The largest absolute Gasteiger partial charge is 0.394 e. The quantitative estimate of drug-likeness (QED) is 0.699. The van der Waals surface area contributed by atoms with Gasteiger partial charge < -0.3 is 14.6 Å². The summed E-state index contributed by atoms with van der Waals surface area (Å²) in [4.78, 5) is 24.7. The van der Waals surface area contributed by atoms with Gasteiger partial charge in [0.15, 0.2) is 6.23 Å². The first-order valence-electron chi connectivity index (χ1n) is 5.69. The molecule has 0 aromatic carbocycles. The fourth-order valence-corrected chi connectivity index (χ4v) is 1.76. The number of rotatable bonds is 3. The molecule has 1 saturated heterocycles. The summed E-state index contributed by atoms with van der Waals surface area (Å²) in [6, 6.07) is 1.18. The molecule has 1 aliphatic rings. The zero-order valence-electron chi connectivity index (χ0n) is 10.2. The summed E-state index contributed by atoms with van der Waals surface area (Å²) in [5.41, 5.74) is -1.15. The first-order valence-corrected chi connectivity index (χ1v) is 5.11. The van der Waals surface area contributed by atoms with Gasteiger partial charge in [-0.15, -0.1) is 0 Å². The average Bonchev–Trinajstić information content (AvgIpc) is 2.65. The molecule has 1 fully saturated rings. The maximum atomic E-state index is 11.6. The number of ether oxygens (including phenoxy) is 2. The third kappa shape index (κ3) is 2.31. The minimum atomic E-state index is -0.834. The molecule has 7 nitrogen and oxygen atoms in total. The number of aliphatic hydroxyl groups is 1. The summed E-state index contributed by atoms with van der Waals surface area (Å²) in [7, 11) is 1.40. The SMILES string of the molecule is [3H]C1[C@@H](CO)O[C@@H](n2ccc(=O)[nH]c2=O)[C@H]1OC. The number of aliphatic hydroxyl groups excluding tert-OH is 1. The molecule has 4 atom stereocenters. The lowest BCUT2D eigenvalue weighted by molar-refractivity contribution is -0.0625. The summed E-state index contributed by atoms with van der Waals surface area (Å²) >= 11 is 0. The maximum Gasteiger partial charge on any atom is 0.330 e. The molecule has 1 aliphatic heterocycles. The molecule has 1 unspecified atom stereocenters. The Morgan fingerprint density at radius 1 is 1.76 bits per heavy atom. The summed E-state index contributed by atoms with van der Waals surface area (Å²) in [5.74, 6) is 0. The van der Waals surface area contributed by atoms with Gasteiger partial charge in [-0.2, -0.15) is 0 Å². The standard InChI is InChI=1S/C10H14N2O5/c1-16-7-4-6(5-13)17-9(7)12-3-2-8(14)11-10(12)15/h2-3,6-7,9,13H,4-5H2,1H3,(H,11,14,15)/t6-,7-,9+/m0/s1/i4T/t4?,6-,7-,9+. The minimum absolute atomic E-state index is 0.331. The Balaban J connectivity index is 2.38. The lowest BCUT2D eigenvalue weighted by Gasteiger charge is -2.18. The predicted octanol–water partition coefficient (Wildman–Crippen LogP) is -1.17. The average molecular weight is 244 g/mol. The first kappa shape index (κ1) is 10.7. The fourth-order valence-electron chi connectivity index (χ4n) is 1.76. The van der Waals surface area contributed by atoms with Crippen molar-refractivity contribution in [3.8, 4) is 0 Å². The van der Waals surface area contributed by atoms with Gasteiger partial charge in [0.1, 0.15) is 6.10 Å². The molecular weight excluding hydrogens is 228 g/mol. The second kappa shape index (κ2) is 4.82. The fraction of sp³-hybridized carbons (Fsp3) is 0.600. The van der Waals surface area contributed by atoms with Gasteiger partial charge in [-0.05, 0) is 0 Å². The Morgan fingerprint density at radius 2 is 2.53 bits per heavy atom. The van der Waals surface area contributed by atoms with Crippen LogP contribution < -0.4 is 11.2 Å². The smallest absolute Gasteiger partial charge is 0.330 e. The number of methoxy groups -OCH3 is 1. The van der Waals surface area contributed by atoms with Crippen molar-refractivity contribution in [2.45, 2.75) is 24.8 Å². The molecule has 94 valence electrons. The summed E-state index contributed by atoms with van der Waals surface area (Å²) in [6.07, 6.45) is -1.77. The van der Waals surface area contributed by atoms with Crippen molar-refractivity contribution >= 4 is 0 Å². The van der Waals surface area contributed by atoms with Crippen LogP contribution in [-0.4, -0.2) is 40.6 Å². The second-order valence-corrected chi connectivity index (χ2v) is 3.66. The molecule has 7 heteroatoms. The molecule has 2 rings (SSSR count). The van der Waals surface area contributed by atoms with Crippen molar-refractivity contribution in [1.29, 1.82) is 0 Å². The number of aromatic amines is 1. The van der Waals surface area contributed by atoms with E-state index in [1.165, 1.54) is 19.4 Å². The van der Waals surface area contributed by atoms with E-state index in [1.807, 2.05) is 0 Å². The van der Waals surface area contributed by atoms with Gasteiger partial charge in [-0.25, -0.2) is 4.79 Å². The zero-order chi connectivity index (χ0) is 13.3. The van der Waals surface area contributed by atoms with Crippen LogP contribution in [0.2, 0.25) is 0 Å². The van der Waals surface area contributed by atoms with Crippen molar-refractivity contribution < 1.29 is 16.0 Å². The van der Waals surface area contributed by atoms with E-state index in [2.05, 4.69) is 4.98 Å². The molecule has 0 amide bonds. The van der Waals surface area contributed by atoms with Gasteiger partial charge in [0.2, 0.25) is 0 Å². The number of nitrogens with zero attached hydrogens (tertiary/aromatic N) is 1. The highest BCUT2D eigenvalue weighted by Gasteiger charge is 2.36. The molecule has 17 heavy (non-hydrogen) atoms. The third-order valence-corrected chi connectivity index (χ3v) is 2.58. The van der Waals surface area contributed by atoms with Crippen molar-refractivity contribution in [1.82, 2.24) is 9.55 Å². The van der Waals surface area contributed by atoms with Crippen molar-refractivity contribution in [2.75, 3.05) is 13.7 Å². The Morgan fingerprint density at radius 3 is 3.12 bits per heavy atom. The highest BCUT2D eigenvalue weighted by molar-refractivity contribution is 4.89. The molecular formula is C10H14N2O5. The van der Waals surface area contributed by atoms with E-state index in [4.69, 9.17) is 16.0 Å². The Bertz CT molecular complexity index is 527. The van der Waals surface area contributed by atoms with E-state index < -0.39 is 36.1 Å². The highest BCUT2D eigenvalue weighted by Crippen LogP contribution is 2.29. The predicted molar refractivity (Wildman–Crippen MR) is 57.7 cm³/mol. The number of hydrogen-bond donors (Lipinski definition) is 2. The maximum absolute atomic E-state index is 11.6. The topological polar surface area (TPSA) is 93.5 Å². The van der Waals surface area contributed by atoms with Crippen LogP contribution in [-0.2, 0) is 9.47 Å². The van der Waals surface area contributed by atoms with Gasteiger partial charge in [0, 0.05) is 27.1 Å². The van der Waals surface area contributed by atoms with Crippen LogP contribution in [0.1, 0.15) is 14.0 Å². The lowest BCUT2D eigenvalue weighted by Crippen LogP contribution is -2.35. The van der Waals surface area contributed by atoms with E-state index in [0.717, 1.165) is 4.57 Å². The van der Waals surface area contributed by atoms with Crippen molar-refractivity contribution in [2.24, 2.45) is 0 Å². The van der Waals surface area contributed by atoms with Crippen LogP contribution in [0.4, 0.5) is 0 Å². The summed E-state index contributed by atoms with van der Waals surface area (Å²) in [6.45, 7) is -0.331. The molecule has 1 aromatic rings. The highest BCUT2D eigenvalue weighted by atomic mass is 16.6. The van der Waals surface area contributed by atoms with Crippen LogP contribution in [0.5, 0.6) is 0 Å². The molecule has 1 aromatic heterocycles. The second-order valence-electron chi connectivity index (χ2n) is 3.66. The molecule has 2 heterocycles. The van der Waals surface area contributed by atoms with Crippen LogP contribution >= 0.6 is 0 Å². The van der Waals surface area contributed by atoms with Crippen LogP contribution in [0.3, 0.4) is 0 Å². The summed E-state index contributed by atoms with van der Waals surface area (Å²) < 4.78 is 19.5. The number of aromatic nitrogens is 2. The van der Waals surface area contributed by atoms with E-state index in [1.54, 1.807) is 0 Å². The van der Waals surface area contributed by atoms with Gasteiger partial charge in [-0.1, -0.05) is 0 Å². The van der Waals surface area contributed by atoms with E-state index in [0.29, 0.717) is 0 Å².